The summed E-state index contributed by atoms with van der Waals surface area (Å²) in [6.07, 6.45) is 4.23. The highest BCUT2D eigenvalue weighted by Crippen LogP contribution is 2.23. The molecule has 1 aliphatic carbocycles. The third-order valence-electron chi connectivity index (χ3n) is 2.85. The molecule has 3 N–H and O–H groups in total. The first-order valence-corrected chi connectivity index (χ1v) is 5.14. The Kier molecular flexibility index (Phi) is 2.54. The highest BCUT2D eigenvalue weighted by atomic mass is 16.1. The number of ketones is 1. The Balaban J connectivity index is 2.49. The van der Waals surface area contributed by atoms with Crippen LogP contribution in [0.4, 0.5) is 5.69 Å². The van der Waals surface area contributed by atoms with Crippen molar-refractivity contribution in [2.75, 3.05) is 5.73 Å². The molecule has 0 saturated carbocycles. The van der Waals surface area contributed by atoms with E-state index in [9.17, 15) is 4.79 Å². The zero-order chi connectivity index (χ0) is 10.8. The van der Waals surface area contributed by atoms with Crippen molar-refractivity contribution in [3.8, 4) is 0 Å². The highest BCUT2D eigenvalue weighted by molar-refractivity contribution is 5.87. The first-order valence-electron chi connectivity index (χ1n) is 5.14. The zero-order valence-electron chi connectivity index (χ0n) is 8.55. The van der Waals surface area contributed by atoms with Crippen LogP contribution in [0.3, 0.4) is 0 Å². The summed E-state index contributed by atoms with van der Waals surface area (Å²) in [4.78, 5) is 11.4. The molecule has 1 aromatic carbocycles. The van der Waals surface area contributed by atoms with Crippen molar-refractivity contribution in [3.63, 3.8) is 0 Å². The SMILES string of the molecule is N=Cc1cc2c(cc1N)CCCC(=O)C2. The van der Waals surface area contributed by atoms with Gasteiger partial charge in [0.05, 0.1) is 0 Å². The maximum absolute atomic E-state index is 11.4. The summed E-state index contributed by atoms with van der Waals surface area (Å²) in [6, 6.07) is 3.79. The van der Waals surface area contributed by atoms with Crippen molar-refractivity contribution < 1.29 is 4.79 Å². The second-order valence-corrected chi connectivity index (χ2v) is 3.96. The van der Waals surface area contributed by atoms with E-state index in [4.69, 9.17) is 11.1 Å². The van der Waals surface area contributed by atoms with Crippen molar-refractivity contribution in [2.24, 2.45) is 0 Å². The molecule has 0 aromatic heterocycles. The van der Waals surface area contributed by atoms with Crippen molar-refractivity contribution in [1.82, 2.24) is 0 Å². The van der Waals surface area contributed by atoms with E-state index in [0.717, 1.165) is 18.4 Å². The molecule has 2 rings (SSSR count). The molecule has 0 unspecified atom stereocenters. The average Bonchev–Trinajstić information content (AvgIpc) is 2.37. The van der Waals surface area contributed by atoms with Crippen LogP contribution >= 0.6 is 0 Å². The summed E-state index contributed by atoms with van der Waals surface area (Å²) in [5.74, 6) is 0.287. The number of aryl methyl sites for hydroxylation is 1. The van der Waals surface area contributed by atoms with E-state index in [1.165, 1.54) is 11.8 Å². The summed E-state index contributed by atoms with van der Waals surface area (Å²) >= 11 is 0. The third-order valence-corrected chi connectivity index (χ3v) is 2.85. The van der Waals surface area contributed by atoms with Crippen LogP contribution in [-0.4, -0.2) is 12.0 Å². The first-order chi connectivity index (χ1) is 7.20. The summed E-state index contributed by atoms with van der Waals surface area (Å²) in [7, 11) is 0. The average molecular weight is 202 g/mol. The Labute approximate surface area is 88.8 Å². The minimum absolute atomic E-state index is 0.287. The number of nitrogen functional groups attached to an aromatic ring is 1. The van der Waals surface area contributed by atoms with E-state index >= 15 is 0 Å². The maximum Gasteiger partial charge on any atom is 0.137 e. The van der Waals surface area contributed by atoms with Crippen LogP contribution in [0.1, 0.15) is 29.5 Å². The minimum Gasteiger partial charge on any atom is -0.398 e. The van der Waals surface area contributed by atoms with Gasteiger partial charge in [-0.25, -0.2) is 0 Å². The van der Waals surface area contributed by atoms with Crippen molar-refractivity contribution in [2.45, 2.75) is 25.7 Å². The fraction of sp³-hybridized carbons (Fsp3) is 0.333. The van der Waals surface area contributed by atoms with Gasteiger partial charge in [0.1, 0.15) is 5.78 Å². The topological polar surface area (TPSA) is 66.9 Å². The fourth-order valence-electron chi connectivity index (χ4n) is 2.03. The number of carbonyl (C=O) groups excluding carboxylic acids is 1. The Morgan fingerprint density at radius 1 is 1.27 bits per heavy atom. The Hall–Kier alpha value is -1.64. The first kappa shape index (κ1) is 9.90. The molecule has 3 nitrogen and oxygen atoms in total. The number of nitrogens with two attached hydrogens (primary N) is 1. The number of fused-ring (bicyclic) bond motifs is 1. The van der Waals surface area contributed by atoms with Crippen molar-refractivity contribution >= 4 is 17.7 Å². The molecule has 0 aliphatic heterocycles. The Morgan fingerprint density at radius 2 is 2.07 bits per heavy atom. The zero-order valence-corrected chi connectivity index (χ0v) is 8.55. The number of nitrogens with one attached hydrogen (secondary N) is 1. The molecule has 0 saturated heterocycles. The number of hydrogen-bond acceptors (Lipinski definition) is 3. The van der Waals surface area contributed by atoms with Gasteiger partial charge in [0.15, 0.2) is 0 Å². The van der Waals surface area contributed by atoms with Gasteiger partial charge in [-0.2, -0.15) is 0 Å². The molecule has 15 heavy (non-hydrogen) atoms. The predicted octanol–water partition coefficient (Wildman–Crippen LogP) is 1.71. The second-order valence-electron chi connectivity index (χ2n) is 3.96. The maximum atomic E-state index is 11.4. The lowest BCUT2D eigenvalue weighted by molar-refractivity contribution is -0.118. The van der Waals surface area contributed by atoms with E-state index < -0.39 is 0 Å². The van der Waals surface area contributed by atoms with Gasteiger partial charge in [-0.3, -0.25) is 4.79 Å². The largest absolute Gasteiger partial charge is 0.398 e. The molecule has 1 aliphatic rings. The van der Waals surface area contributed by atoms with Crippen LogP contribution < -0.4 is 5.73 Å². The number of carbonyl (C=O) groups is 1. The number of anilines is 1. The van der Waals surface area contributed by atoms with Gasteiger partial charge in [-0.1, -0.05) is 0 Å². The highest BCUT2D eigenvalue weighted by Gasteiger charge is 2.14. The summed E-state index contributed by atoms with van der Waals surface area (Å²) in [5.41, 5.74) is 9.37. The summed E-state index contributed by atoms with van der Waals surface area (Å²) < 4.78 is 0. The molecule has 0 heterocycles. The summed E-state index contributed by atoms with van der Waals surface area (Å²) in [5, 5.41) is 7.22. The van der Waals surface area contributed by atoms with E-state index in [1.807, 2.05) is 12.1 Å². The number of benzene rings is 1. The van der Waals surface area contributed by atoms with E-state index in [1.54, 1.807) is 0 Å². The Morgan fingerprint density at radius 3 is 2.80 bits per heavy atom. The lowest BCUT2D eigenvalue weighted by atomic mass is 9.99. The Bertz CT molecular complexity index is 424. The van der Waals surface area contributed by atoms with Gasteiger partial charge in [-0.05, 0) is 36.1 Å². The van der Waals surface area contributed by atoms with Crippen LogP contribution in [0.25, 0.3) is 0 Å². The van der Waals surface area contributed by atoms with Gasteiger partial charge < -0.3 is 11.1 Å². The molecular weight excluding hydrogens is 188 g/mol. The molecule has 0 bridgehead atoms. The van der Waals surface area contributed by atoms with Crippen LogP contribution in [0.2, 0.25) is 0 Å². The number of rotatable bonds is 1. The van der Waals surface area contributed by atoms with Crippen LogP contribution in [-0.2, 0) is 17.6 Å². The molecule has 0 spiro atoms. The minimum atomic E-state index is 0.287. The standard InChI is InChI=1S/C12H14N2O/c13-7-10-4-9-5-11(15)3-1-2-8(9)6-12(10)14/h4,6-7,13H,1-3,5,14H2. The fourth-order valence-corrected chi connectivity index (χ4v) is 2.03. The van der Waals surface area contributed by atoms with Crippen molar-refractivity contribution in [3.05, 3.63) is 28.8 Å². The van der Waals surface area contributed by atoms with E-state index in [2.05, 4.69) is 0 Å². The lowest BCUT2D eigenvalue weighted by Crippen LogP contribution is -2.03. The van der Waals surface area contributed by atoms with Gasteiger partial charge in [0, 0.05) is 30.3 Å². The van der Waals surface area contributed by atoms with Crippen molar-refractivity contribution in [1.29, 1.82) is 5.41 Å². The van der Waals surface area contributed by atoms with E-state index in [0.29, 0.717) is 24.1 Å². The predicted molar refractivity (Wildman–Crippen MR) is 60.4 cm³/mol. The molecule has 0 amide bonds. The smallest absolute Gasteiger partial charge is 0.137 e. The third kappa shape index (κ3) is 1.91. The van der Waals surface area contributed by atoms with Crippen LogP contribution in [0.15, 0.2) is 12.1 Å². The molecule has 0 fully saturated rings. The molecule has 0 atom stereocenters. The normalized spacial score (nSPS) is 15.6. The van der Waals surface area contributed by atoms with Gasteiger partial charge in [0.2, 0.25) is 0 Å². The molecular formula is C12H14N2O. The molecule has 1 aromatic rings. The second kappa shape index (κ2) is 3.85. The quantitative estimate of drug-likeness (QED) is 0.413. The van der Waals surface area contributed by atoms with Gasteiger partial charge in [0.25, 0.3) is 0 Å². The number of hydrogen-bond donors (Lipinski definition) is 2. The van der Waals surface area contributed by atoms with Crippen LogP contribution in [0, 0.1) is 5.41 Å². The van der Waals surface area contributed by atoms with Gasteiger partial charge in [-0.15, -0.1) is 0 Å². The monoisotopic (exact) mass is 202 g/mol. The lowest BCUT2D eigenvalue weighted by Gasteiger charge is -2.08. The number of Topliss-reactive ketones (excluding diaryl/α,β-unsaturated/α-hetero) is 1. The molecule has 78 valence electrons. The molecule has 0 radical (unpaired) electrons. The molecule has 3 heteroatoms. The van der Waals surface area contributed by atoms with Gasteiger partial charge >= 0.3 is 0 Å². The van der Waals surface area contributed by atoms with E-state index in [-0.39, 0.29) is 5.78 Å². The van der Waals surface area contributed by atoms with Crippen LogP contribution in [0.5, 0.6) is 0 Å². The summed E-state index contributed by atoms with van der Waals surface area (Å²) in [6.45, 7) is 0.